The highest BCUT2D eigenvalue weighted by molar-refractivity contribution is 5.76. The number of nitrogens with zero attached hydrogens (tertiary/aromatic N) is 5. The highest BCUT2D eigenvalue weighted by Gasteiger charge is 2.50. The number of likely N-dealkylation sites (tertiary alicyclic amines) is 1. The lowest BCUT2D eigenvalue weighted by atomic mass is 9.74. The number of ether oxygens (including phenoxy) is 1. The van der Waals surface area contributed by atoms with Crippen molar-refractivity contribution in [3.63, 3.8) is 0 Å². The standard InChI is InChI=1S/C20H30N6O3/c1-19(23-18(28)13-26-9-3-7-22-26)15-20(29-14-17(19)27)5-10-25(11-6-20)12-16-4-8-21-24(16)2/h3-4,7-9,17,27H,5-6,10-15H2,1-2H3,(H,23,28)/t17-,19-/m1/s1. The van der Waals surface area contributed by atoms with E-state index in [9.17, 15) is 9.90 Å². The van der Waals surface area contributed by atoms with Crippen molar-refractivity contribution < 1.29 is 14.6 Å². The molecule has 2 aromatic heterocycles. The molecular formula is C20H30N6O3. The molecule has 0 radical (unpaired) electrons. The van der Waals surface area contributed by atoms with E-state index in [0.717, 1.165) is 32.5 Å². The molecule has 2 atom stereocenters. The maximum atomic E-state index is 12.5. The molecule has 0 bridgehead atoms. The van der Waals surface area contributed by atoms with Crippen LogP contribution >= 0.6 is 0 Å². The van der Waals surface area contributed by atoms with Crippen LogP contribution in [0.4, 0.5) is 0 Å². The predicted molar refractivity (Wildman–Crippen MR) is 106 cm³/mol. The average molecular weight is 402 g/mol. The Kier molecular flexibility index (Phi) is 5.46. The minimum Gasteiger partial charge on any atom is -0.388 e. The van der Waals surface area contributed by atoms with E-state index in [4.69, 9.17) is 4.74 Å². The molecule has 9 heteroatoms. The van der Waals surface area contributed by atoms with Gasteiger partial charge in [0.15, 0.2) is 0 Å². The monoisotopic (exact) mass is 402 g/mol. The molecule has 2 fully saturated rings. The van der Waals surface area contributed by atoms with Crippen molar-refractivity contribution in [2.75, 3.05) is 19.7 Å². The molecule has 0 aliphatic carbocycles. The minimum absolute atomic E-state index is 0.141. The van der Waals surface area contributed by atoms with Crippen molar-refractivity contribution in [2.45, 2.75) is 56.5 Å². The Morgan fingerprint density at radius 3 is 2.79 bits per heavy atom. The number of aliphatic hydroxyl groups excluding tert-OH is 1. The number of hydrogen-bond donors (Lipinski definition) is 2. The van der Waals surface area contributed by atoms with Crippen LogP contribution in [-0.2, 0) is 29.7 Å². The Morgan fingerprint density at radius 2 is 2.14 bits per heavy atom. The SMILES string of the molecule is Cn1nccc1CN1CCC2(CC1)C[C@@](C)(NC(=O)Cn1cccn1)[C@H](O)CO2. The van der Waals surface area contributed by atoms with Gasteiger partial charge in [0.05, 0.1) is 23.4 Å². The number of piperidine rings is 1. The Labute approximate surface area is 170 Å². The van der Waals surface area contributed by atoms with Crippen molar-refractivity contribution in [1.82, 2.24) is 29.8 Å². The van der Waals surface area contributed by atoms with Crippen molar-refractivity contribution in [3.05, 3.63) is 36.4 Å². The van der Waals surface area contributed by atoms with Gasteiger partial charge in [-0.1, -0.05) is 0 Å². The summed E-state index contributed by atoms with van der Waals surface area (Å²) >= 11 is 0. The predicted octanol–water partition coefficient (Wildman–Crippen LogP) is 0.308. The van der Waals surface area contributed by atoms with E-state index in [0.29, 0.717) is 6.42 Å². The van der Waals surface area contributed by atoms with Crippen LogP contribution < -0.4 is 5.32 Å². The van der Waals surface area contributed by atoms with Gasteiger partial charge in [0.2, 0.25) is 5.91 Å². The van der Waals surface area contributed by atoms with Crippen molar-refractivity contribution in [2.24, 2.45) is 7.05 Å². The smallest absolute Gasteiger partial charge is 0.242 e. The van der Waals surface area contributed by atoms with E-state index < -0.39 is 11.6 Å². The van der Waals surface area contributed by atoms with Crippen LogP contribution in [0.2, 0.25) is 0 Å². The maximum Gasteiger partial charge on any atom is 0.242 e. The van der Waals surface area contributed by atoms with E-state index in [-0.39, 0.29) is 24.7 Å². The van der Waals surface area contributed by atoms with Crippen LogP contribution in [0, 0.1) is 0 Å². The summed E-state index contributed by atoms with van der Waals surface area (Å²) in [5.41, 5.74) is 0.166. The third-order valence-corrected chi connectivity index (χ3v) is 6.34. The maximum absolute atomic E-state index is 12.5. The number of carbonyl (C=O) groups excluding carboxylic acids is 1. The Hall–Kier alpha value is -2.23. The molecule has 0 aromatic carbocycles. The summed E-state index contributed by atoms with van der Waals surface area (Å²) in [4.78, 5) is 14.9. The molecule has 2 aromatic rings. The molecule has 2 aliphatic heterocycles. The zero-order valence-electron chi connectivity index (χ0n) is 17.1. The van der Waals surface area contributed by atoms with Gasteiger partial charge in [0.25, 0.3) is 0 Å². The second-order valence-electron chi connectivity index (χ2n) is 8.58. The summed E-state index contributed by atoms with van der Waals surface area (Å²) in [7, 11) is 1.96. The molecule has 2 N–H and O–H groups in total. The zero-order valence-corrected chi connectivity index (χ0v) is 17.1. The average Bonchev–Trinajstić information content (AvgIpc) is 3.33. The lowest BCUT2D eigenvalue weighted by Crippen LogP contribution is -2.65. The van der Waals surface area contributed by atoms with Gasteiger partial charge in [-0.05, 0) is 31.9 Å². The van der Waals surface area contributed by atoms with Gasteiger partial charge in [0, 0.05) is 51.7 Å². The van der Waals surface area contributed by atoms with Crippen LogP contribution in [0.3, 0.4) is 0 Å². The summed E-state index contributed by atoms with van der Waals surface area (Å²) in [5.74, 6) is -0.152. The van der Waals surface area contributed by atoms with Gasteiger partial charge < -0.3 is 15.2 Å². The number of aliphatic hydroxyl groups is 1. The third-order valence-electron chi connectivity index (χ3n) is 6.34. The first-order valence-corrected chi connectivity index (χ1v) is 10.2. The quantitative estimate of drug-likeness (QED) is 0.747. The van der Waals surface area contributed by atoms with Crippen molar-refractivity contribution in [3.8, 4) is 0 Å². The molecule has 4 rings (SSSR count). The zero-order chi connectivity index (χ0) is 20.5. The summed E-state index contributed by atoms with van der Waals surface area (Å²) in [6, 6.07) is 3.83. The van der Waals surface area contributed by atoms with Gasteiger partial charge in [-0.3, -0.25) is 19.1 Å². The third kappa shape index (κ3) is 4.36. The summed E-state index contributed by atoms with van der Waals surface area (Å²) in [6.07, 6.45) is 6.84. The second kappa shape index (κ2) is 7.89. The second-order valence-corrected chi connectivity index (χ2v) is 8.58. The first-order chi connectivity index (χ1) is 13.9. The number of carbonyl (C=O) groups is 1. The number of nitrogens with one attached hydrogen (secondary N) is 1. The van der Waals surface area contributed by atoms with E-state index in [1.807, 2.05) is 30.9 Å². The highest BCUT2D eigenvalue weighted by atomic mass is 16.5. The van der Waals surface area contributed by atoms with E-state index in [1.165, 1.54) is 5.69 Å². The molecule has 0 saturated carbocycles. The highest BCUT2D eigenvalue weighted by Crippen LogP contribution is 2.40. The lowest BCUT2D eigenvalue weighted by Gasteiger charge is -2.52. The summed E-state index contributed by atoms with van der Waals surface area (Å²) < 4.78 is 9.63. The fourth-order valence-electron chi connectivity index (χ4n) is 4.53. The molecule has 0 unspecified atom stereocenters. The first kappa shape index (κ1) is 20.1. The molecule has 1 spiro atoms. The normalized spacial score (nSPS) is 27.2. The summed E-state index contributed by atoms with van der Waals surface area (Å²) in [6.45, 7) is 5.00. The van der Waals surface area contributed by atoms with Crippen molar-refractivity contribution in [1.29, 1.82) is 0 Å². The fourth-order valence-corrected chi connectivity index (χ4v) is 4.53. The molecular weight excluding hydrogens is 372 g/mol. The topological polar surface area (TPSA) is 97.4 Å². The fraction of sp³-hybridized carbons (Fsp3) is 0.650. The summed E-state index contributed by atoms with van der Waals surface area (Å²) in [5, 5.41) is 22.0. The Bertz CT molecular complexity index is 827. The number of hydrogen-bond acceptors (Lipinski definition) is 6. The number of rotatable bonds is 5. The van der Waals surface area contributed by atoms with Gasteiger partial charge in [0.1, 0.15) is 12.6 Å². The van der Waals surface area contributed by atoms with Crippen LogP contribution in [-0.4, -0.2) is 72.4 Å². The number of aryl methyl sites for hydroxylation is 1. The molecule has 29 heavy (non-hydrogen) atoms. The van der Waals surface area contributed by atoms with E-state index in [2.05, 4.69) is 20.4 Å². The largest absolute Gasteiger partial charge is 0.388 e. The Balaban J connectivity index is 1.36. The molecule has 1 amide bonds. The van der Waals surface area contributed by atoms with E-state index in [1.54, 1.807) is 23.1 Å². The number of aromatic nitrogens is 4. The van der Waals surface area contributed by atoms with Gasteiger partial charge in [-0.15, -0.1) is 0 Å². The minimum atomic E-state index is -0.734. The molecule has 9 nitrogen and oxygen atoms in total. The van der Waals surface area contributed by atoms with E-state index >= 15 is 0 Å². The van der Waals surface area contributed by atoms with Gasteiger partial charge in [-0.2, -0.15) is 10.2 Å². The van der Waals surface area contributed by atoms with Gasteiger partial charge >= 0.3 is 0 Å². The lowest BCUT2D eigenvalue weighted by molar-refractivity contribution is -0.182. The molecule has 4 heterocycles. The Morgan fingerprint density at radius 1 is 1.34 bits per heavy atom. The van der Waals surface area contributed by atoms with Crippen molar-refractivity contribution >= 4 is 5.91 Å². The van der Waals surface area contributed by atoms with Crippen LogP contribution in [0.25, 0.3) is 0 Å². The number of amides is 1. The molecule has 158 valence electrons. The van der Waals surface area contributed by atoms with Crippen LogP contribution in [0.15, 0.2) is 30.7 Å². The molecule has 2 aliphatic rings. The molecule has 2 saturated heterocycles. The first-order valence-electron chi connectivity index (χ1n) is 10.2. The van der Waals surface area contributed by atoms with Crippen LogP contribution in [0.5, 0.6) is 0 Å². The van der Waals surface area contributed by atoms with Gasteiger partial charge in [-0.25, -0.2) is 0 Å². The van der Waals surface area contributed by atoms with Crippen LogP contribution in [0.1, 0.15) is 31.9 Å².